The molecular formula is C28H34N6O3. The van der Waals surface area contributed by atoms with E-state index in [-0.39, 0.29) is 18.4 Å². The molecule has 0 saturated carbocycles. The Balaban J connectivity index is 1.78. The number of benzene rings is 1. The lowest BCUT2D eigenvalue weighted by Crippen LogP contribution is -2.26. The molecule has 4 heterocycles. The van der Waals surface area contributed by atoms with Gasteiger partial charge in [0.05, 0.1) is 11.2 Å². The normalized spacial score (nSPS) is 14.5. The monoisotopic (exact) mass is 502 g/mol. The molecule has 4 aromatic rings. The lowest BCUT2D eigenvalue weighted by Gasteiger charge is -2.23. The van der Waals surface area contributed by atoms with Crippen LogP contribution in [0.4, 0.5) is 4.79 Å². The van der Waals surface area contributed by atoms with Gasteiger partial charge in [0.15, 0.2) is 12.3 Å². The Labute approximate surface area is 216 Å². The van der Waals surface area contributed by atoms with Gasteiger partial charge in [0.25, 0.3) is 5.91 Å². The summed E-state index contributed by atoms with van der Waals surface area (Å²) in [6.07, 6.45) is 5.03. The van der Waals surface area contributed by atoms with Gasteiger partial charge in [-0.3, -0.25) is 9.36 Å². The molecule has 1 saturated heterocycles. The van der Waals surface area contributed by atoms with Crippen LogP contribution in [0.3, 0.4) is 0 Å². The predicted octanol–water partition coefficient (Wildman–Crippen LogP) is 4.55. The summed E-state index contributed by atoms with van der Waals surface area (Å²) >= 11 is 0. The van der Waals surface area contributed by atoms with Crippen molar-refractivity contribution in [2.45, 2.75) is 52.4 Å². The quantitative estimate of drug-likeness (QED) is 0.415. The smallest absolute Gasteiger partial charge is 0.407 e. The Kier molecular flexibility index (Phi) is 6.72. The van der Waals surface area contributed by atoms with Crippen molar-refractivity contribution in [1.82, 2.24) is 29.8 Å². The minimum absolute atomic E-state index is 0.140. The second-order valence-electron chi connectivity index (χ2n) is 10.1. The van der Waals surface area contributed by atoms with Crippen molar-refractivity contribution in [3.8, 4) is 11.3 Å². The van der Waals surface area contributed by atoms with Crippen LogP contribution in [0.25, 0.3) is 27.8 Å². The van der Waals surface area contributed by atoms with Crippen molar-refractivity contribution in [2.75, 3.05) is 26.7 Å². The summed E-state index contributed by atoms with van der Waals surface area (Å²) in [4.78, 5) is 29.9. The maximum Gasteiger partial charge on any atom is 0.407 e. The van der Waals surface area contributed by atoms with Crippen molar-refractivity contribution in [2.24, 2.45) is 0 Å². The van der Waals surface area contributed by atoms with Gasteiger partial charge in [0.1, 0.15) is 6.33 Å². The number of hydrogen-bond acceptors (Lipinski definition) is 6. The molecule has 1 fully saturated rings. The highest BCUT2D eigenvalue weighted by atomic mass is 16.6. The number of carbonyl (C=O) groups is 2. The second-order valence-corrected chi connectivity index (χ2v) is 10.1. The Morgan fingerprint density at radius 2 is 1.95 bits per heavy atom. The van der Waals surface area contributed by atoms with Gasteiger partial charge in [-0.1, -0.05) is 19.9 Å². The first kappa shape index (κ1) is 25.0. The van der Waals surface area contributed by atoms with E-state index in [1.165, 1.54) is 18.9 Å². The summed E-state index contributed by atoms with van der Waals surface area (Å²) < 4.78 is 8.68. The molecule has 2 N–H and O–H groups in total. The molecule has 1 aliphatic heterocycles. The number of rotatable bonds is 5. The van der Waals surface area contributed by atoms with Crippen molar-refractivity contribution in [3.05, 3.63) is 53.0 Å². The van der Waals surface area contributed by atoms with E-state index < -0.39 is 6.09 Å². The van der Waals surface area contributed by atoms with E-state index in [0.717, 1.165) is 70.4 Å². The fourth-order valence-corrected chi connectivity index (χ4v) is 5.56. The van der Waals surface area contributed by atoms with E-state index in [1.807, 2.05) is 13.1 Å². The molecule has 0 spiro atoms. The zero-order chi connectivity index (χ0) is 26.3. The zero-order valence-corrected chi connectivity index (χ0v) is 22.1. The van der Waals surface area contributed by atoms with Gasteiger partial charge in [-0.25, -0.2) is 14.3 Å². The fourth-order valence-electron chi connectivity index (χ4n) is 5.56. The average molecular weight is 503 g/mol. The van der Waals surface area contributed by atoms with Gasteiger partial charge in [-0.2, -0.15) is 5.10 Å². The highest BCUT2D eigenvalue weighted by Crippen LogP contribution is 2.42. The van der Waals surface area contributed by atoms with Gasteiger partial charge in [-0.15, -0.1) is 0 Å². The highest BCUT2D eigenvalue weighted by Gasteiger charge is 2.28. The third kappa shape index (κ3) is 4.37. The summed E-state index contributed by atoms with van der Waals surface area (Å²) in [5, 5.41) is 11.3. The third-order valence-corrected chi connectivity index (χ3v) is 7.58. The van der Waals surface area contributed by atoms with Crippen LogP contribution in [0.1, 0.15) is 65.6 Å². The van der Waals surface area contributed by atoms with E-state index in [9.17, 15) is 9.59 Å². The predicted molar refractivity (Wildman–Crippen MR) is 143 cm³/mol. The van der Waals surface area contributed by atoms with Crippen LogP contribution in [-0.2, 0) is 4.74 Å². The Morgan fingerprint density at radius 3 is 2.65 bits per heavy atom. The Hall–Kier alpha value is -3.72. The first-order valence-electron chi connectivity index (χ1n) is 12.9. The molecule has 194 valence electrons. The van der Waals surface area contributed by atoms with Crippen molar-refractivity contribution in [3.63, 3.8) is 0 Å². The number of fused-ring (bicyclic) bond motifs is 2. The number of amides is 1. The highest BCUT2D eigenvalue weighted by molar-refractivity contribution is 6.03. The fraction of sp³-hybridized carbons (Fsp3) is 0.429. The molecular weight excluding hydrogens is 468 g/mol. The molecule has 0 radical (unpaired) electrons. The number of pyridine rings is 1. The number of carbonyl (C=O) groups excluding carboxylic acids is 2. The number of alkyl carbamates (subject to hydrolysis) is 1. The molecule has 3 aromatic heterocycles. The zero-order valence-electron chi connectivity index (χ0n) is 22.1. The summed E-state index contributed by atoms with van der Waals surface area (Å²) in [6, 6.07) is 6.47. The van der Waals surface area contributed by atoms with Crippen LogP contribution in [0.2, 0.25) is 0 Å². The van der Waals surface area contributed by atoms with E-state index in [2.05, 4.69) is 59.7 Å². The van der Waals surface area contributed by atoms with Crippen LogP contribution < -0.4 is 10.6 Å². The Bertz CT molecular complexity index is 1490. The Morgan fingerprint density at radius 1 is 1.19 bits per heavy atom. The van der Waals surface area contributed by atoms with Crippen molar-refractivity contribution >= 4 is 28.6 Å². The number of nitrogens with zero attached hydrogens (tertiary/aromatic N) is 4. The number of piperidine rings is 1. The number of hydrogen-bond donors (Lipinski definition) is 2. The number of ether oxygens (including phenoxy) is 1. The van der Waals surface area contributed by atoms with Crippen molar-refractivity contribution < 1.29 is 14.3 Å². The standard InChI is InChI=1S/C28H34N6O3/c1-16(2)25-21-12-20(19-8-10-30-11-9-19)6-7-23(21)34(24(35)14-37-28(36)29-5)26(25)22-13-33-27(31-15-32-33)18(4)17(22)3/h6-7,12-13,15-16,19,30H,8-11,14H2,1-5H3,(H,29,36). The van der Waals surface area contributed by atoms with Gasteiger partial charge in [-0.05, 0) is 86.0 Å². The SMILES string of the molecule is CNC(=O)OCC(=O)n1c(-c2cn3ncnc3c(C)c2C)c(C(C)C)c2cc(C3CCNCC3)ccc21. The first-order chi connectivity index (χ1) is 17.8. The summed E-state index contributed by atoms with van der Waals surface area (Å²) in [5.74, 6) is 0.321. The molecule has 5 rings (SSSR count). The minimum Gasteiger partial charge on any atom is -0.439 e. The summed E-state index contributed by atoms with van der Waals surface area (Å²) in [5.41, 5.74) is 7.77. The largest absolute Gasteiger partial charge is 0.439 e. The third-order valence-electron chi connectivity index (χ3n) is 7.58. The van der Waals surface area contributed by atoms with Gasteiger partial charge in [0.2, 0.25) is 0 Å². The molecule has 0 bridgehead atoms. The number of nitrogens with one attached hydrogen (secondary N) is 2. The van der Waals surface area contributed by atoms with Gasteiger partial charge in [0, 0.05) is 24.2 Å². The molecule has 9 heteroatoms. The lowest BCUT2D eigenvalue weighted by molar-refractivity contribution is 0.0772. The molecule has 0 atom stereocenters. The molecule has 9 nitrogen and oxygen atoms in total. The first-order valence-corrected chi connectivity index (χ1v) is 12.9. The van der Waals surface area contributed by atoms with Crippen LogP contribution >= 0.6 is 0 Å². The number of aryl methyl sites for hydroxylation is 1. The molecule has 1 amide bonds. The van der Waals surface area contributed by atoms with E-state index >= 15 is 0 Å². The van der Waals surface area contributed by atoms with Crippen LogP contribution in [-0.4, -0.2) is 57.9 Å². The van der Waals surface area contributed by atoms with E-state index in [4.69, 9.17) is 4.74 Å². The van der Waals surface area contributed by atoms with E-state index in [0.29, 0.717) is 5.92 Å². The number of aromatic nitrogens is 4. The molecule has 1 aromatic carbocycles. The molecule has 0 unspecified atom stereocenters. The molecule has 37 heavy (non-hydrogen) atoms. The summed E-state index contributed by atoms with van der Waals surface area (Å²) in [7, 11) is 1.47. The average Bonchev–Trinajstić information content (AvgIpc) is 3.51. The van der Waals surface area contributed by atoms with Crippen LogP contribution in [0.5, 0.6) is 0 Å². The van der Waals surface area contributed by atoms with E-state index in [1.54, 1.807) is 9.08 Å². The van der Waals surface area contributed by atoms with Crippen LogP contribution in [0, 0.1) is 13.8 Å². The second kappa shape index (κ2) is 9.97. The topological polar surface area (TPSA) is 103 Å². The maximum atomic E-state index is 13.7. The van der Waals surface area contributed by atoms with Crippen molar-refractivity contribution in [1.29, 1.82) is 0 Å². The van der Waals surface area contributed by atoms with Gasteiger partial charge >= 0.3 is 6.09 Å². The van der Waals surface area contributed by atoms with Crippen LogP contribution in [0.15, 0.2) is 30.7 Å². The minimum atomic E-state index is -0.639. The summed E-state index contributed by atoms with van der Waals surface area (Å²) in [6.45, 7) is 10.0. The molecule has 1 aliphatic rings. The molecule has 0 aliphatic carbocycles. The maximum absolute atomic E-state index is 13.7. The van der Waals surface area contributed by atoms with Gasteiger partial charge < -0.3 is 15.4 Å². The lowest BCUT2D eigenvalue weighted by atomic mass is 9.88.